The van der Waals surface area contributed by atoms with Crippen molar-refractivity contribution in [1.29, 1.82) is 0 Å². The molecule has 2 aromatic rings. The van der Waals surface area contributed by atoms with Crippen LogP contribution in [-0.4, -0.2) is 11.3 Å². The maximum atomic E-state index is 13.8. The predicted molar refractivity (Wildman–Crippen MR) is 59.8 cm³/mol. The normalized spacial score (nSPS) is 10.1. The van der Waals surface area contributed by atoms with E-state index in [0.717, 1.165) is 11.3 Å². The van der Waals surface area contributed by atoms with Crippen molar-refractivity contribution in [3.63, 3.8) is 0 Å². The molecule has 16 heavy (non-hydrogen) atoms. The Kier molecular flexibility index (Phi) is 2.77. The van der Waals surface area contributed by atoms with E-state index in [1.165, 1.54) is 6.07 Å². The molecule has 2 rings (SSSR count). The van der Waals surface area contributed by atoms with Crippen molar-refractivity contribution in [1.82, 2.24) is 4.98 Å². The summed E-state index contributed by atoms with van der Waals surface area (Å²) in [5.41, 5.74) is 2.05. The highest BCUT2D eigenvalue weighted by atomic mass is 19.1. The van der Waals surface area contributed by atoms with Gasteiger partial charge in [-0.05, 0) is 30.7 Å². The minimum atomic E-state index is -0.483. The van der Waals surface area contributed by atoms with Crippen LogP contribution in [0.3, 0.4) is 0 Å². The number of halogens is 1. The molecular formula is C13H10FNO. The SMILES string of the molecule is Cc1cc(-c2cccc(C=O)c2F)ccn1. The molecule has 0 aliphatic rings. The first-order chi connectivity index (χ1) is 7.72. The van der Waals surface area contributed by atoms with Crippen LogP contribution in [0.1, 0.15) is 16.1 Å². The third kappa shape index (κ3) is 1.84. The van der Waals surface area contributed by atoms with Crippen molar-refractivity contribution >= 4 is 6.29 Å². The van der Waals surface area contributed by atoms with E-state index in [9.17, 15) is 9.18 Å². The predicted octanol–water partition coefficient (Wildman–Crippen LogP) is 3.01. The lowest BCUT2D eigenvalue weighted by molar-refractivity contribution is 0.112. The highest BCUT2D eigenvalue weighted by molar-refractivity contribution is 5.79. The average molecular weight is 215 g/mol. The monoisotopic (exact) mass is 215 g/mol. The van der Waals surface area contributed by atoms with Crippen LogP contribution >= 0.6 is 0 Å². The molecular weight excluding hydrogens is 205 g/mol. The van der Waals surface area contributed by atoms with Gasteiger partial charge in [-0.1, -0.05) is 12.1 Å². The van der Waals surface area contributed by atoms with E-state index in [-0.39, 0.29) is 5.56 Å². The van der Waals surface area contributed by atoms with Crippen molar-refractivity contribution in [3.05, 3.63) is 53.6 Å². The molecule has 0 bridgehead atoms. The number of hydrogen-bond donors (Lipinski definition) is 0. The number of pyridine rings is 1. The second-order valence-electron chi connectivity index (χ2n) is 3.51. The maximum Gasteiger partial charge on any atom is 0.153 e. The van der Waals surface area contributed by atoms with Gasteiger partial charge >= 0.3 is 0 Å². The van der Waals surface area contributed by atoms with Gasteiger partial charge in [0.25, 0.3) is 0 Å². The minimum Gasteiger partial charge on any atom is -0.298 e. The van der Waals surface area contributed by atoms with Crippen LogP contribution in [0.15, 0.2) is 36.5 Å². The number of rotatable bonds is 2. The Labute approximate surface area is 92.8 Å². The van der Waals surface area contributed by atoms with Gasteiger partial charge in [0.15, 0.2) is 6.29 Å². The fourth-order valence-electron chi connectivity index (χ4n) is 1.58. The van der Waals surface area contributed by atoms with Gasteiger partial charge in [0.2, 0.25) is 0 Å². The van der Waals surface area contributed by atoms with Crippen molar-refractivity contribution in [2.75, 3.05) is 0 Å². The fourth-order valence-corrected chi connectivity index (χ4v) is 1.58. The Bertz CT molecular complexity index is 537. The fraction of sp³-hybridized carbons (Fsp3) is 0.0769. The summed E-state index contributed by atoms with van der Waals surface area (Å²) in [5, 5.41) is 0. The molecule has 0 saturated carbocycles. The smallest absolute Gasteiger partial charge is 0.153 e. The highest BCUT2D eigenvalue weighted by Gasteiger charge is 2.09. The largest absolute Gasteiger partial charge is 0.298 e. The summed E-state index contributed by atoms with van der Waals surface area (Å²) in [6.45, 7) is 1.84. The molecule has 80 valence electrons. The van der Waals surface area contributed by atoms with E-state index in [4.69, 9.17) is 0 Å². The van der Waals surface area contributed by atoms with Gasteiger partial charge in [-0.3, -0.25) is 9.78 Å². The number of benzene rings is 1. The molecule has 0 atom stereocenters. The summed E-state index contributed by atoms with van der Waals surface area (Å²) in [5.74, 6) is -0.483. The van der Waals surface area contributed by atoms with E-state index in [0.29, 0.717) is 11.8 Å². The van der Waals surface area contributed by atoms with Gasteiger partial charge in [-0.15, -0.1) is 0 Å². The van der Waals surface area contributed by atoms with Gasteiger partial charge in [-0.2, -0.15) is 0 Å². The van der Waals surface area contributed by atoms with Gasteiger partial charge in [-0.25, -0.2) is 4.39 Å². The van der Waals surface area contributed by atoms with Crippen LogP contribution in [0.25, 0.3) is 11.1 Å². The first kappa shape index (κ1) is 10.5. The molecule has 0 aliphatic heterocycles. The first-order valence-corrected chi connectivity index (χ1v) is 4.89. The van der Waals surface area contributed by atoms with Crippen LogP contribution < -0.4 is 0 Å². The van der Waals surface area contributed by atoms with Crippen molar-refractivity contribution < 1.29 is 9.18 Å². The lowest BCUT2D eigenvalue weighted by Gasteiger charge is -2.05. The number of aromatic nitrogens is 1. The van der Waals surface area contributed by atoms with E-state index in [1.54, 1.807) is 30.5 Å². The summed E-state index contributed by atoms with van der Waals surface area (Å²) in [6.07, 6.45) is 2.14. The Hall–Kier alpha value is -2.03. The summed E-state index contributed by atoms with van der Waals surface area (Å²) < 4.78 is 13.8. The molecule has 1 aromatic heterocycles. The number of aldehydes is 1. The minimum absolute atomic E-state index is 0.0759. The Morgan fingerprint density at radius 1 is 1.31 bits per heavy atom. The number of hydrogen-bond acceptors (Lipinski definition) is 2. The molecule has 0 amide bonds. The summed E-state index contributed by atoms with van der Waals surface area (Å²) in [6, 6.07) is 8.28. The number of aryl methyl sites for hydroxylation is 1. The standard InChI is InChI=1S/C13H10FNO/c1-9-7-10(5-6-15-9)12-4-2-3-11(8-16)13(12)14/h2-8H,1H3. The van der Waals surface area contributed by atoms with Crippen LogP contribution in [0, 0.1) is 12.7 Å². The van der Waals surface area contributed by atoms with Gasteiger partial charge < -0.3 is 0 Å². The molecule has 3 heteroatoms. The Morgan fingerprint density at radius 2 is 2.12 bits per heavy atom. The molecule has 1 heterocycles. The quantitative estimate of drug-likeness (QED) is 0.721. The first-order valence-electron chi connectivity index (χ1n) is 4.89. The van der Waals surface area contributed by atoms with E-state index >= 15 is 0 Å². The molecule has 0 radical (unpaired) electrons. The maximum absolute atomic E-state index is 13.8. The zero-order chi connectivity index (χ0) is 11.5. The zero-order valence-electron chi connectivity index (χ0n) is 8.77. The number of nitrogens with zero attached hydrogens (tertiary/aromatic N) is 1. The zero-order valence-corrected chi connectivity index (χ0v) is 8.77. The van der Waals surface area contributed by atoms with Gasteiger partial charge in [0, 0.05) is 17.5 Å². The van der Waals surface area contributed by atoms with E-state index in [1.807, 2.05) is 6.92 Å². The number of carbonyl (C=O) groups excluding carboxylic acids is 1. The second kappa shape index (κ2) is 4.23. The summed E-state index contributed by atoms with van der Waals surface area (Å²) in [7, 11) is 0. The topological polar surface area (TPSA) is 30.0 Å². The Morgan fingerprint density at radius 3 is 2.81 bits per heavy atom. The van der Waals surface area contributed by atoms with Crippen LogP contribution in [-0.2, 0) is 0 Å². The van der Waals surface area contributed by atoms with E-state index in [2.05, 4.69) is 4.98 Å². The molecule has 1 aromatic carbocycles. The third-order valence-corrected chi connectivity index (χ3v) is 2.36. The highest BCUT2D eigenvalue weighted by Crippen LogP contribution is 2.24. The van der Waals surface area contributed by atoms with Gasteiger partial charge in [0.1, 0.15) is 5.82 Å². The molecule has 0 fully saturated rings. The van der Waals surface area contributed by atoms with Crippen molar-refractivity contribution in [2.24, 2.45) is 0 Å². The van der Waals surface area contributed by atoms with Crippen LogP contribution in [0.2, 0.25) is 0 Å². The molecule has 0 spiro atoms. The van der Waals surface area contributed by atoms with Crippen LogP contribution in [0.5, 0.6) is 0 Å². The van der Waals surface area contributed by atoms with E-state index < -0.39 is 5.82 Å². The Balaban J connectivity index is 2.60. The average Bonchev–Trinajstić information content (AvgIpc) is 2.29. The lowest BCUT2D eigenvalue weighted by atomic mass is 10.0. The molecule has 0 aliphatic carbocycles. The second-order valence-corrected chi connectivity index (χ2v) is 3.51. The molecule has 0 unspecified atom stereocenters. The number of carbonyl (C=O) groups is 1. The molecule has 0 saturated heterocycles. The summed E-state index contributed by atoms with van der Waals surface area (Å²) >= 11 is 0. The van der Waals surface area contributed by atoms with Crippen molar-refractivity contribution in [3.8, 4) is 11.1 Å². The van der Waals surface area contributed by atoms with Crippen molar-refractivity contribution in [2.45, 2.75) is 6.92 Å². The van der Waals surface area contributed by atoms with Gasteiger partial charge in [0.05, 0.1) is 5.56 Å². The third-order valence-electron chi connectivity index (χ3n) is 2.36. The molecule has 2 nitrogen and oxygen atoms in total. The summed E-state index contributed by atoms with van der Waals surface area (Å²) in [4.78, 5) is 14.7. The lowest BCUT2D eigenvalue weighted by Crippen LogP contribution is -1.92. The van der Waals surface area contributed by atoms with Crippen LogP contribution in [0.4, 0.5) is 4.39 Å². The molecule has 0 N–H and O–H groups in total.